The van der Waals surface area contributed by atoms with Gasteiger partial charge in [0.15, 0.2) is 0 Å². The number of halogens is 1. The predicted octanol–water partition coefficient (Wildman–Crippen LogP) is 1.67. The summed E-state index contributed by atoms with van der Waals surface area (Å²) in [4.78, 5) is 27.2. The number of piperidine rings is 1. The van der Waals surface area contributed by atoms with Gasteiger partial charge in [-0.3, -0.25) is 14.9 Å². The minimum absolute atomic E-state index is 0.223. The van der Waals surface area contributed by atoms with Crippen LogP contribution >= 0.6 is 11.6 Å². The standard InChI is InChI=1S/C12H10ClN3O2/c13-8-3-5-14-11-7(8)4-6-16(11)9-1-2-10(17)15-12(9)18/h3-6,9H,1-2H2,(H,15,17,18). The van der Waals surface area contributed by atoms with Crippen molar-refractivity contribution in [2.75, 3.05) is 0 Å². The molecule has 0 saturated carbocycles. The van der Waals surface area contributed by atoms with Crippen molar-refractivity contribution in [3.8, 4) is 0 Å². The van der Waals surface area contributed by atoms with Crippen LogP contribution in [0.2, 0.25) is 5.02 Å². The second kappa shape index (κ2) is 4.10. The van der Waals surface area contributed by atoms with Gasteiger partial charge in [0, 0.05) is 24.2 Å². The fourth-order valence-corrected chi connectivity index (χ4v) is 2.43. The zero-order chi connectivity index (χ0) is 12.7. The van der Waals surface area contributed by atoms with E-state index in [1.165, 1.54) is 0 Å². The summed E-state index contributed by atoms with van der Waals surface area (Å²) in [5.74, 6) is -0.510. The summed E-state index contributed by atoms with van der Waals surface area (Å²) in [7, 11) is 0. The molecule has 2 aromatic rings. The van der Waals surface area contributed by atoms with Crippen molar-refractivity contribution in [1.29, 1.82) is 0 Å². The Hall–Kier alpha value is -1.88. The van der Waals surface area contributed by atoms with Gasteiger partial charge in [-0.05, 0) is 18.6 Å². The number of hydrogen-bond donors (Lipinski definition) is 1. The van der Waals surface area contributed by atoms with E-state index in [4.69, 9.17) is 11.6 Å². The highest BCUT2D eigenvalue weighted by molar-refractivity contribution is 6.35. The Bertz CT molecular complexity index is 650. The number of hydrogen-bond acceptors (Lipinski definition) is 3. The Morgan fingerprint density at radius 3 is 3.00 bits per heavy atom. The zero-order valence-electron chi connectivity index (χ0n) is 9.39. The maximum absolute atomic E-state index is 11.8. The van der Waals surface area contributed by atoms with Crippen LogP contribution in [0.25, 0.3) is 11.0 Å². The molecule has 18 heavy (non-hydrogen) atoms. The molecule has 1 unspecified atom stereocenters. The van der Waals surface area contributed by atoms with Crippen molar-refractivity contribution in [3.63, 3.8) is 0 Å². The third-order valence-corrected chi connectivity index (χ3v) is 3.44. The summed E-state index contributed by atoms with van der Waals surface area (Å²) in [6, 6.07) is 3.14. The van der Waals surface area contributed by atoms with Crippen LogP contribution in [0.4, 0.5) is 0 Å². The molecule has 2 amide bonds. The van der Waals surface area contributed by atoms with Gasteiger partial charge in [0.05, 0.1) is 5.02 Å². The van der Waals surface area contributed by atoms with Gasteiger partial charge >= 0.3 is 0 Å². The molecule has 0 bridgehead atoms. The number of rotatable bonds is 1. The van der Waals surface area contributed by atoms with Gasteiger partial charge in [0.2, 0.25) is 11.8 Å². The van der Waals surface area contributed by atoms with Crippen LogP contribution < -0.4 is 5.32 Å². The van der Waals surface area contributed by atoms with Crippen molar-refractivity contribution in [2.24, 2.45) is 0 Å². The topological polar surface area (TPSA) is 64.0 Å². The lowest BCUT2D eigenvalue weighted by molar-refractivity contribution is -0.135. The molecule has 1 aliphatic rings. The van der Waals surface area contributed by atoms with Gasteiger partial charge in [-0.15, -0.1) is 0 Å². The van der Waals surface area contributed by atoms with E-state index in [9.17, 15) is 9.59 Å². The van der Waals surface area contributed by atoms with Gasteiger partial charge in [-0.25, -0.2) is 4.98 Å². The van der Waals surface area contributed by atoms with Crippen molar-refractivity contribution in [1.82, 2.24) is 14.9 Å². The molecule has 3 rings (SSSR count). The summed E-state index contributed by atoms with van der Waals surface area (Å²) in [5.41, 5.74) is 0.664. The maximum Gasteiger partial charge on any atom is 0.249 e. The van der Waals surface area contributed by atoms with Gasteiger partial charge < -0.3 is 4.57 Å². The Morgan fingerprint density at radius 1 is 1.39 bits per heavy atom. The monoisotopic (exact) mass is 263 g/mol. The molecule has 2 aromatic heterocycles. The summed E-state index contributed by atoms with van der Waals surface area (Å²) < 4.78 is 1.77. The number of amides is 2. The highest BCUT2D eigenvalue weighted by Crippen LogP contribution is 2.27. The molecule has 1 atom stereocenters. The van der Waals surface area contributed by atoms with E-state index in [0.717, 1.165) is 5.39 Å². The highest BCUT2D eigenvalue weighted by atomic mass is 35.5. The molecule has 0 spiro atoms. The third kappa shape index (κ3) is 1.67. The molecule has 0 aliphatic carbocycles. The fraction of sp³-hybridized carbons (Fsp3) is 0.250. The van der Waals surface area contributed by atoms with E-state index in [1.807, 2.05) is 6.07 Å². The van der Waals surface area contributed by atoms with E-state index in [2.05, 4.69) is 10.3 Å². The molecule has 1 aliphatic heterocycles. The van der Waals surface area contributed by atoms with Crippen LogP contribution in [0.3, 0.4) is 0 Å². The molecule has 3 heterocycles. The molecular weight excluding hydrogens is 254 g/mol. The van der Waals surface area contributed by atoms with Crippen molar-refractivity contribution in [2.45, 2.75) is 18.9 Å². The van der Waals surface area contributed by atoms with Crippen LogP contribution in [0.5, 0.6) is 0 Å². The number of aromatic nitrogens is 2. The van der Waals surface area contributed by atoms with Crippen molar-refractivity contribution in [3.05, 3.63) is 29.5 Å². The van der Waals surface area contributed by atoms with Gasteiger partial charge in [-0.1, -0.05) is 11.6 Å². The SMILES string of the molecule is O=C1CCC(n2ccc3c(Cl)ccnc32)C(=O)N1. The van der Waals surface area contributed by atoms with Crippen LogP contribution in [0.15, 0.2) is 24.5 Å². The minimum atomic E-state index is -0.397. The van der Waals surface area contributed by atoms with Crippen LogP contribution in [-0.4, -0.2) is 21.4 Å². The average Bonchev–Trinajstić information content (AvgIpc) is 2.74. The first-order valence-corrected chi connectivity index (χ1v) is 5.99. The molecule has 6 heteroatoms. The molecule has 92 valence electrons. The number of carbonyl (C=O) groups is 2. The lowest BCUT2D eigenvalue weighted by Crippen LogP contribution is -2.41. The number of fused-ring (bicyclic) bond motifs is 1. The number of carbonyl (C=O) groups excluding carboxylic acids is 2. The Morgan fingerprint density at radius 2 is 2.22 bits per heavy atom. The van der Waals surface area contributed by atoms with Crippen LogP contribution in [0.1, 0.15) is 18.9 Å². The zero-order valence-corrected chi connectivity index (χ0v) is 10.1. The number of nitrogens with one attached hydrogen (secondary N) is 1. The Kier molecular flexibility index (Phi) is 2.56. The molecular formula is C12H10ClN3O2. The summed E-state index contributed by atoms with van der Waals surface area (Å²) in [5, 5.41) is 3.75. The predicted molar refractivity (Wildman–Crippen MR) is 66.2 cm³/mol. The Labute approximate surface area is 108 Å². The molecule has 0 aromatic carbocycles. The quantitative estimate of drug-likeness (QED) is 0.796. The molecule has 1 fully saturated rings. The number of pyridine rings is 1. The summed E-state index contributed by atoms with van der Waals surface area (Å²) in [6.07, 6.45) is 4.22. The van der Waals surface area contributed by atoms with E-state index in [0.29, 0.717) is 23.5 Å². The summed E-state index contributed by atoms with van der Waals surface area (Å²) >= 11 is 6.06. The largest absolute Gasteiger partial charge is 0.320 e. The number of nitrogens with zero attached hydrogens (tertiary/aromatic N) is 2. The second-order valence-corrected chi connectivity index (χ2v) is 4.63. The first-order chi connectivity index (χ1) is 8.66. The van der Waals surface area contributed by atoms with Crippen LogP contribution in [-0.2, 0) is 9.59 Å². The molecule has 1 N–H and O–H groups in total. The lowest BCUT2D eigenvalue weighted by atomic mass is 10.1. The smallest absolute Gasteiger partial charge is 0.249 e. The van der Waals surface area contributed by atoms with E-state index in [1.54, 1.807) is 23.0 Å². The fourth-order valence-electron chi connectivity index (χ4n) is 2.22. The summed E-state index contributed by atoms with van der Waals surface area (Å²) in [6.45, 7) is 0. The second-order valence-electron chi connectivity index (χ2n) is 4.22. The molecule has 0 radical (unpaired) electrons. The Balaban J connectivity index is 2.07. The first-order valence-electron chi connectivity index (χ1n) is 5.61. The van der Waals surface area contributed by atoms with E-state index in [-0.39, 0.29) is 11.8 Å². The molecule has 5 nitrogen and oxygen atoms in total. The van der Waals surface area contributed by atoms with Crippen LogP contribution in [0, 0.1) is 0 Å². The van der Waals surface area contributed by atoms with Crippen molar-refractivity contribution < 1.29 is 9.59 Å². The van der Waals surface area contributed by atoms with E-state index < -0.39 is 6.04 Å². The minimum Gasteiger partial charge on any atom is -0.320 e. The van der Waals surface area contributed by atoms with Gasteiger partial charge in [0.25, 0.3) is 0 Å². The normalized spacial score (nSPS) is 20.2. The maximum atomic E-state index is 11.8. The third-order valence-electron chi connectivity index (χ3n) is 3.11. The van der Waals surface area contributed by atoms with Gasteiger partial charge in [0.1, 0.15) is 11.7 Å². The van der Waals surface area contributed by atoms with E-state index >= 15 is 0 Å². The highest BCUT2D eigenvalue weighted by Gasteiger charge is 2.28. The first kappa shape index (κ1) is 11.2. The molecule has 1 saturated heterocycles. The van der Waals surface area contributed by atoms with Crippen molar-refractivity contribution >= 4 is 34.4 Å². The number of imide groups is 1. The van der Waals surface area contributed by atoms with Gasteiger partial charge in [-0.2, -0.15) is 0 Å². The lowest BCUT2D eigenvalue weighted by Gasteiger charge is -2.22. The average molecular weight is 264 g/mol.